The van der Waals surface area contributed by atoms with Gasteiger partial charge in [-0.2, -0.15) is 0 Å². The molecule has 0 aromatic carbocycles. The summed E-state index contributed by atoms with van der Waals surface area (Å²) in [5.41, 5.74) is -0.168. The average molecular weight is 294 g/mol. The predicted octanol–water partition coefficient (Wildman–Crippen LogP) is 2.57. The minimum atomic E-state index is -0.431. The number of rotatable bonds is 2. The van der Waals surface area contributed by atoms with Crippen LogP contribution in [0.2, 0.25) is 0 Å². The van der Waals surface area contributed by atoms with Gasteiger partial charge in [-0.1, -0.05) is 55.4 Å². The maximum absolute atomic E-state index is 13.1. The lowest BCUT2D eigenvalue weighted by Crippen LogP contribution is -2.67. The SMILES string of the molecule is CCC1C(=O)NC(C(C)(C)C)C(=O)N1C1C(C)(C)C1(C)C. The lowest BCUT2D eigenvalue weighted by atomic mass is 9.83. The van der Waals surface area contributed by atoms with Gasteiger partial charge in [0.2, 0.25) is 11.8 Å². The van der Waals surface area contributed by atoms with E-state index in [-0.39, 0.29) is 40.1 Å². The molecule has 120 valence electrons. The van der Waals surface area contributed by atoms with E-state index in [4.69, 9.17) is 0 Å². The number of hydrogen-bond donors (Lipinski definition) is 1. The van der Waals surface area contributed by atoms with Gasteiger partial charge in [-0.05, 0) is 22.7 Å². The molecule has 1 aliphatic heterocycles. The van der Waals surface area contributed by atoms with Crippen molar-refractivity contribution in [3.05, 3.63) is 0 Å². The summed E-state index contributed by atoms with van der Waals surface area (Å²) in [6, 6.07) is -0.625. The van der Waals surface area contributed by atoms with Gasteiger partial charge >= 0.3 is 0 Å². The molecule has 2 atom stereocenters. The van der Waals surface area contributed by atoms with Crippen LogP contribution in [0.25, 0.3) is 0 Å². The van der Waals surface area contributed by atoms with Gasteiger partial charge in [0.25, 0.3) is 0 Å². The Balaban J connectivity index is 2.41. The van der Waals surface area contributed by atoms with E-state index in [0.29, 0.717) is 6.42 Å². The molecule has 0 aromatic heterocycles. The van der Waals surface area contributed by atoms with Gasteiger partial charge < -0.3 is 10.2 Å². The van der Waals surface area contributed by atoms with Crippen LogP contribution >= 0.6 is 0 Å². The minimum Gasteiger partial charge on any atom is -0.342 e. The smallest absolute Gasteiger partial charge is 0.246 e. The molecular formula is C17H30N2O2. The van der Waals surface area contributed by atoms with Crippen molar-refractivity contribution in [2.24, 2.45) is 16.2 Å². The lowest BCUT2D eigenvalue weighted by molar-refractivity contribution is -0.154. The molecule has 1 saturated heterocycles. The van der Waals surface area contributed by atoms with Crippen LogP contribution in [0.4, 0.5) is 0 Å². The van der Waals surface area contributed by atoms with E-state index >= 15 is 0 Å². The quantitative estimate of drug-likeness (QED) is 0.851. The molecule has 1 saturated carbocycles. The monoisotopic (exact) mass is 294 g/mol. The fourth-order valence-corrected chi connectivity index (χ4v) is 3.86. The number of amides is 2. The highest BCUT2D eigenvalue weighted by molar-refractivity contribution is 5.98. The Bertz CT molecular complexity index is 460. The molecule has 1 heterocycles. The lowest BCUT2D eigenvalue weighted by Gasteiger charge is -2.44. The van der Waals surface area contributed by atoms with Gasteiger partial charge in [-0.3, -0.25) is 9.59 Å². The first-order chi connectivity index (χ1) is 9.37. The highest BCUT2D eigenvalue weighted by Crippen LogP contribution is 2.66. The highest BCUT2D eigenvalue weighted by Gasteiger charge is 2.70. The van der Waals surface area contributed by atoms with E-state index in [1.165, 1.54) is 0 Å². The Labute approximate surface area is 128 Å². The average Bonchev–Trinajstić information content (AvgIpc) is 2.71. The van der Waals surface area contributed by atoms with Gasteiger partial charge in [-0.25, -0.2) is 0 Å². The third-order valence-electron chi connectivity index (χ3n) is 5.90. The van der Waals surface area contributed by atoms with Crippen molar-refractivity contribution in [3.63, 3.8) is 0 Å². The molecule has 0 bridgehead atoms. The van der Waals surface area contributed by atoms with Crippen LogP contribution in [0, 0.1) is 16.2 Å². The topological polar surface area (TPSA) is 49.4 Å². The van der Waals surface area contributed by atoms with Crippen LogP contribution in [0.5, 0.6) is 0 Å². The van der Waals surface area contributed by atoms with Crippen molar-refractivity contribution >= 4 is 11.8 Å². The molecule has 2 rings (SSSR count). The second kappa shape index (κ2) is 4.47. The van der Waals surface area contributed by atoms with Crippen molar-refractivity contribution in [1.82, 2.24) is 10.2 Å². The van der Waals surface area contributed by atoms with E-state index in [9.17, 15) is 9.59 Å². The van der Waals surface area contributed by atoms with E-state index in [1.54, 1.807) is 0 Å². The van der Waals surface area contributed by atoms with Gasteiger partial charge in [0.15, 0.2) is 0 Å². The summed E-state index contributed by atoms with van der Waals surface area (Å²) in [6.45, 7) is 16.7. The number of carbonyl (C=O) groups excluding carboxylic acids is 2. The standard InChI is InChI=1S/C17H30N2O2/c1-9-10-12(20)18-11(15(2,3)4)13(21)19(10)14-16(5,6)17(14,7)8/h10-11,14H,9H2,1-8H3,(H,18,20). The Morgan fingerprint density at radius 3 is 1.90 bits per heavy atom. The molecule has 0 aromatic rings. The molecule has 2 fully saturated rings. The van der Waals surface area contributed by atoms with Crippen LogP contribution in [-0.2, 0) is 9.59 Å². The maximum atomic E-state index is 13.1. The number of nitrogens with zero attached hydrogens (tertiary/aromatic N) is 1. The summed E-state index contributed by atoms with van der Waals surface area (Å²) in [7, 11) is 0. The van der Waals surface area contributed by atoms with E-state index < -0.39 is 6.04 Å². The van der Waals surface area contributed by atoms with Crippen LogP contribution in [0.3, 0.4) is 0 Å². The summed E-state index contributed by atoms with van der Waals surface area (Å²) < 4.78 is 0. The van der Waals surface area contributed by atoms with Crippen LogP contribution in [0.15, 0.2) is 0 Å². The van der Waals surface area contributed by atoms with Crippen LogP contribution in [0.1, 0.15) is 61.8 Å². The fraction of sp³-hybridized carbons (Fsp3) is 0.882. The summed E-state index contributed by atoms with van der Waals surface area (Å²) in [6.07, 6.45) is 0.664. The van der Waals surface area contributed by atoms with Gasteiger partial charge in [0.1, 0.15) is 12.1 Å². The van der Waals surface area contributed by atoms with E-state index in [1.807, 2.05) is 32.6 Å². The zero-order valence-electron chi connectivity index (χ0n) is 14.7. The normalized spacial score (nSPS) is 32.1. The molecule has 2 aliphatic rings. The third kappa shape index (κ3) is 2.18. The molecule has 4 nitrogen and oxygen atoms in total. The first-order valence-corrected chi connectivity index (χ1v) is 8.00. The van der Waals surface area contributed by atoms with E-state index in [0.717, 1.165) is 0 Å². The Hall–Kier alpha value is -1.06. The minimum absolute atomic E-state index is 0.00414. The van der Waals surface area contributed by atoms with Gasteiger partial charge in [0.05, 0.1) is 0 Å². The first-order valence-electron chi connectivity index (χ1n) is 8.00. The van der Waals surface area contributed by atoms with Crippen molar-refractivity contribution in [1.29, 1.82) is 0 Å². The van der Waals surface area contributed by atoms with Crippen LogP contribution in [-0.4, -0.2) is 34.8 Å². The van der Waals surface area contributed by atoms with Crippen LogP contribution < -0.4 is 5.32 Å². The Morgan fingerprint density at radius 1 is 1.10 bits per heavy atom. The zero-order chi connectivity index (χ0) is 16.4. The van der Waals surface area contributed by atoms with Gasteiger partial charge in [-0.15, -0.1) is 0 Å². The Kier molecular flexibility index (Phi) is 3.47. The molecule has 4 heteroatoms. The summed E-state index contributed by atoms with van der Waals surface area (Å²) in [5, 5.41) is 2.94. The zero-order valence-corrected chi connectivity index (χ0v) is 14.7. The number of piperazine rings is 1. The molecule has 2 unspecified atom stereocenters. The first kappa shape index (κ1) is 16.3. The molecular weight excluding hydrogens is 264 g/mol. The number of nitrogens with one attached hydrogen (secondary N) is 1. The largest absolute Gasteiger partial charge is 0.342 e. The van der Waals surface area contributed by atoms with Crippen molar-refractivity contribution in [2.75, 3.05) is 0 Å². The molecule has 21 heavy (non-hydrogen) atoms. The molecule has 2 amide bonds. The van der Waals surface area contributed by atoms with Crippen molar-refractivity contribution in [3.8, 4) is 0 Å². The van der Waals surface area contributed by atoms with E-state index in [2.05, 4.69) is 33.0 Å². The van der Waals surface area contributed by atoms with Crippen molar-refractivity contribution < 1.29 is 9.59 Å². The second-order valence-electron chi connectivity index (χ2n) is 8.82. The number of hydrogen-bond acceptors (Lipinski definition) is 2. The Morgan fingerprint density at radius 2 is 1.57 bits per heavy atom. The summed E-state index contributed by atoms with van der Waals surface area (Å²) in [4.78, 5) is 27.4. The second-order valence-corrected chi connectivity index (χ2v) is 8.82. The highest BCUT2D eigenvalue weighted by atomic mass is 16.2. The maximum Gasteiger partial charge on any atom is 0.246 e. The molecule has 0 radical (unpaired) electrons. The molecule has 1 N–H and O–H groups in total. The predicted molar refractivity (Wildman–Crippen MR) is 83.7 cm³/mol. The van der Waals surface area contributed by atoms with Gasteiger partial charge in [0, 0.05) is 6.04 Å². The van der Waals surface area contributed by atoms with Crippen molar-refractivity contribution in [2.45, 2.75) is 79.9 Å². The fourth-order valence-electron chi connectivity index (χ4n) is 3.86. The summed E-state index contributed by atoms with van der Waals surface area (Å²) in [5.74, 6) is 0.0770. The number of carbonyl (C=O) groups is 2. The molecule has 0 spiro atoms. The summed E-state index contributed by atoms with van der Waals surface area (Å²) >= 11 is 0. The third-order valence-corrected chi connectivity index (χ3v) is 5.90. The molecule has 1 aliphatic carbocycles.